The summed E-state index contributed by atoms with van der Waals surface area (Å²) in [5, 5.41) is 2.91. The molecular weight excluding hydrogens is 294 g/mol. The average molecular weight is 319 g/mol. The van der Waals surface area contributed by atoms with Crippen molar-refractivity contribution >= 4 is 11.8 Å². The van der Waals surface area contributed by atoms with Crippen LogP contribution in [0.5, 0.6) is 5.75 Å². The van der Waals surface area contributed by atoms with E-state index in [1.54, 1.807) is 7.11 Å². The highest BCUT2D eigenvalue weighted by Crippen LogP contribution is 2.21. The second kappa shape index (κ2) is 7.97. The van der Waals surface area contributed by atoms with E-state index in [0.717, 1.165) is 24.2 Å². The summed E-state index contributed by atoms with van der Waals surface area (Å²) in [7, 11) is 1.61. The highest BCUT2D eigenvalue weighted by molar-refractivity contribution is 5.79. The Hall–Kier alpha value is -2.08. The summed E-state index contributed by atoms with van der Waals surface area (Å²) in [6, 6.07) is 7.87. The van der Waals surface area contributed by atoms with Crippen molar-refractivity contribution in [1.82, 2.24) is 10.2 Å². The van der Waals surface area contributed by atoms with Crippen LogP contribution < -0.4 is 15.8 Å². The van der Waals surface area contributed by atoms with Crippen molar-refractivity contribution in [3.05, 3.63) is 29.8 Å². The number of primary amides is 1. The lowest BCUT2D eigenvalue weighted by atomic mass is 9.93. The van der Waals surface area contributed by atoms with Gasteiger partial charge in [-0.1, -0.05) is 18.2 Å². The Bertz CT molecular complexity index is 562. The second-order valence-corrected chi connectivity index (χ2v) is 6.04. The van der Waals surface area contributed by atoms with Crippen LogP contribution in [0.4, 0.5) is 0 Å². The first-order valence-electron chi connectivity index (χ1n) is 7.93. The number of carbonyl (C=O) groups excluding carboxylic acids is 2. The maximum absolute atomic E-state index is 12.2. The normalized spacial score (nSPS) is 21.7. The molecule has 1 heterocycles. The SMILES string of the molecule is COc1ccccc1CNC(=O)CN1C[C@H](C(N)=O)CC[C@@H]1C. The van der Waals surface area contributed by atoms with E-state index in [1.807, 2.05) is 29.2 Å². The number of amides is 2. The third-order valence-corrected chi connectivity index (χ3v) is 4.43. The fraction of sp³-hybridized carbons (Fsp3) is 0.529. The summed E-state index contributed by atoms with van der Waals surface area (Å²) < 4.78 is 5.27. The van der Waals surface area contributed by atoms with Gasteiger partial charge in [0.25, 0.3) is 0 Å². The third-order valence-electron chi connectivity index (χ3n) is 4.43. The summed E-state index contributed by atoms with van der Waals surface area (Å²) in [6.45, 7) is 3.33. The van der Waals surface area contributed by atoms with Gasteiger partial charge in [0, 0.05) is 24.7 Å². The highest BCUT2D eigenvalue weighted by Gasteiger charge is 2.29. The summed E-state index contributed by atoms with van der Waals surface area (Å²) in [4.78, 5) is 25.6. The first kappa shape index (κ1) is 17.3. The van der Waals surface area contributed by atoms with Gasteiger partial charge in [0.05, 0.1) is 19.6 Å². The van der Waals surface area contributed by atoms with Crippen molar-refractivity contribution in [2.75, 3.05) is 20.2 Å². The largest absolute Gasteiger partial charge is 0.496 e. The average Bonchev–Trinajstić information content (AvgIpc) is 2.55. The number of nitrogens with zero attached hydrogens (tertiary/aromatic N) is 1. The fourth-order valence-electron chi connectivity index (χ4n) is 2.92. The molecule has 1 saturated heterocycles. The molecule has 0 spiro atoms. The number of carbonyl (C=O) groups is 2. The van der Waals surface area contributed by atoms with Crippen molar-refractivity contribution in [3.63, 3.8) is 0 Å². The van der Waals surface area contributed by atoms with Crippen molar-refractivity contribution in [2.24, 2.45) is 11.7 Å². The van der Waals surface area contributed by atoms with Crippen LogP contribution in [0.1, 0.15) is 25.3 Å². The number of rotatable bonds is 6. The van der Waals surface area contributed by atoms with E-state index in [-0.39, 0.29) is 30.3 Å². The van der Waals surface area contributed by atoms with Crippen LogP contribution >= 0.6 is 0 Å². The van der Waals surface area contributed by atoms with Gasteiger partial charge in [0.1, 0.15) is 5.75 Å². The molecule has 0 aliphatic carbocycles. The zero-order valence-corrected chi connectivity index (χ0v) is 13.7. The topological polar surface area (TPSA) is 84.7 Å². The van der Waals surface area contributed by atoms with Gasteiger partial charge in [0.15, 0.2) is 0 Å². The van der Waals surface area contributed by atoms with Crippen molar-refractivity contribution in [3.8, 4) is 5.75 Å². The summed E-state index contributed by atoms with van der Waals surface area (Å²) in [5.41, 5.74) is 6.33. The molecule has 0 unspecified atom stereocenters. The lowest BCUT2D eigenvalue weighted by Crippen LogP contribution is -2.49. The molecule has 1 aromatic rings. The van der Waals surface area contributed by atoms with Crippen LogP contribution in [-0.4, -0.2) is 43.0 Å². The number of piperidine rings is 1. The molecule has 0 bridgehead atoms. The molecule has 2 atom stereocenters. The minimum Gasteiger partial charge on any atom is -0.496 e. The Kier molecular flexibility index (Phi) is 5.98. The van der Waals surface area contributed by atoms with Crippen LogP contribution in [0.15, 0.2) is 24.3 Å². The van der Waals surface area contributed by atoms with Gasteiger partial charge < -0.3 is 15.8 Å². The molecule has 1 aliphatic heterocycles. The van der Waals surface area contributed by atoms with E-state index in [1.165, 1.54) is 0 Å². The number of methoxy groups -OCH3 is 1. The van der Waals surface area contributed by atoms with E-state index in [0.29, 0.717) is 13.1 Å². The summed E-state index contributed by atoms with van der Waals surface area (Å²) in [5.74, 6) is 0.255. The van der Waals surface area contributed by atoms with Crippen LogP contribution in [0, 0.1) is 5.92 Å². The molecule has 0 aromatic heterocycles. The molecule has 1 fully saturated rings. The lowest BCUT2D eigenvalue weighted by molar-refractivity contribution is -0.127. The number of hydrogen-bond donors (Lipinski definition) is 2. The van der Waals surface area contributed by atoms with Gasteiger partial charge in [-0.25, -0.2) is 0 Å². The van der Waals surface area contributed by atoms with Crippen molar-refractivity contribution in [1.29, 1.82) is 0 Å². The summed E-state index contributed by atoms with van der Waals surface area (Å²) in [6.07, 6.45) is 1.68. The van der Waals surface area contributed by atoms with E-state index < -0.39 is 0 Å². The number of benzene rings is 1. The van der Waals surface area contributed by atoms with Crippen LogP contribution in [0.3, 0.4) is 0 Å². The van der Waals surface area contributed by atoms with Crippen LogP contribution in [0.2, 0.25) is 0 Å². The molecule has 0 radical (unpaired) electrons. The zero-order valence-electron chi connectivity index (χ0n) is 13.7. The Morgan fingerprint density at radius 1 is 1.35 bits per heavy atom. The number of para-hydroxylation sites is 1. The molecule has 6 nitrogen and oxygen atoms in total. The maximum Gasteiger partial charge on any atom is 0.234 e. The monoisotopic (exact) mass is 319 g/mol. The molecule has 0 saturated carbocycles. The number of likely N-dealkylation sites (tertiary alicyclic amines) is 1. The molecule has 1 aliphatic rings. The Labute approximate surface area is 137 Å². The quantitative estimate of drug-likeness (QED) is 0.816. The first-order chi connectivity index (χ1) is 11.0. The predicted octanol–water partition coefficient (Wildman–Crippen LogP) is 0.897. The van der Waals surface area contributed by atoms with Crippen molar-refractivity contribution < 1.29 is 14.3 Å². The minimum absolute atomic E-state index is 0.0622. The lowest BCUT2D eigenvalue weighted by Gasteiger charge is -2.36. The number of nitrogens with one attached hydrogen (secondary N) is 1. The van der Waals surface area contributed by atoms with Gasteiger partial charge in [-0.05, 0) is 25.8 Å². The molecule has 1 aromatic carbocycles. The van der Waals surface area contributed by atoms with E-state index >= 15 is 0 Å². The molecule has 6 heteroatoms. The molecule has 2 rings (SSSR count). The van der Waals surface area contributed by atoms with Gasteiger partial charge in [-0.15, -0.1) is 0 Å². The van der Waals surface area contributed by atoms with Gasteiger partial charge in [-0.3, -0.25) is 14.5 Å². The van der Waals surface area contributed by atoms with E-state index in [2.05, 4.69) is 12.2 Å². The standard InChI is InChI=1S/C17H25N3O3/c1-12-7-8-14(17(18)22)10-20(12)11-16(21)19-9-13-5-3-4-6-15(13)23-2/h3-6,12,14H,7-11H2,1-2H3,(H2,18,22)(H,19,21)/t12-,14+/m0/s1. The Morgan fingerprint density at radius 3 is 2.78 bits per heavy atom. The highest BCUT2D eigenvalue weighted by atomic mass is 16.5. The smallest absolute Gasteiger partial charge is 0.234 e. The number of hydrogen-bond acceptors (Lipinski definition) is 4. The van der Waals surface area contributed by atoms with E-state index in [4.69, 9.17) is 10.5 Å². The zero-order chi connectivity index (χ0) is 16.8. The molecule has 3 N–H and O–H groups in total. The van der Waals surface area contributed by atoms with Crippen LogP contribution in [0.25, 0.3) is 0 Å². The summed E-state index contributed by atoms with van der Waals surface area (Å²) >= 11 is 0. The first-order valence-corrected chi connectivity index (χ1v) is 7.93. The Morgan fingerprint density at radius 2 is 2.09 bits per heavy atom. The molecule has 126 valence electrons. The Balaban J connectivity index is 1.87. The van der Waals surface area contributed by atoms with Crippen molar-refractivity contribution in [2.45, 2.75) is 32.4 Å². The number of ether oxygens (including phenoxy) is 1. The minimum atomic E-state index is -0.281. The second-order valence-electron chi connectivity index (χ2n) is 6.04. The molecular formula is C17H25N3O3. The van der Waals surface area contributed by atoms with Crippen LogP contribution in [-0.2, 0) is 16.1 Å². The molecule has 23 heavy (non-hydrogen) atoms. The third kappa shape index (κ3) is 4.69. The predicted molar refractivity (Wildman–Crippen MR) is 87.8 cm³/mol. The van der Waals surface area contributed by atoms with E-state index in [9.17, 15) is 9.59 Å². The number of nitrogens with two attached hydrogens (primary N) is 1. The van der Waals surface area contributed by atoms with Gasteiger partial charge >= 0.3 is 0 Å². The molecule has 2 amide bonds. The van der Waals surface area contributed by atoms with Gasteiger partial charge in [-0.2, -0.15) is 0 Å². The maximum atomic E-state index is 12.2. The fourth-order valence-corrected chi connectivity index (χ4v) is 2.92. The van der Waals surface area contributed by atoms with Gasteiger partial charge in [0.2, 0.25) is 11.8 Å².